The molecule has 1 rings (SSSR count). The quantitative estimate of drug-likeness (QED) is 0.665. The minimum atomic E-state index is -0.956. The van der Waals surface area contributed by atoms with E-state index in [1.807, 2.05) is 13.8 Å². The average molecular weight is 228 g/mol. The van der Waals surface area contributed by atoms with Crippen molar-refractivity contribution in [3.8, 4) is 0 Å². The molecule has 0 unspecified atom stereocenters. The van der Waals surface area contributed by atoms with Gasteiger partial charge in [0.1, 0.15) is 0 Å². The molecular formula is C12H24N2O2. The van der Waals surface area contributed by atoms with Gasteiger partial charge < -0.3 is 16.2 Å². The van der Waals surface area contributed by atoms with E-state index in [9.17, 15) is 9.90 Å². The zero-order chi connectivity index (χ0) is 12.6. The van der Waals surface area contributed by atoms with Crippen LogP contribution in [0.1, 0.15) is 47.0 Å². The van der Waals surface area contributed by atoms with Crippen LogP contribution in [0.5, 0.6) is 0 Å². The van der Waals surface area contributed by atoms with Gasteiger partial charge in [-0.15, -0.1) is 0 Å². The molecule has 1 aliphatic rings. The Labute approximate surface area is 97.6 Å². The molecule has 94 valence electrons. The van der Waals surface area contributed by atoms with E-state index in [1.54, 1.807) is 13.8 Å². The molecule has 4 N–H and O–H groups in total. The first kappa shape index (κ1) is 13.5. The topological polar surface area (TPSA) is 75.3 Å². The summed E-state index contributed by atoms with van der Waals surface area (Å²) < 4.78 is 0. The molecule has 0 spiro atoms. The molecule has 4 nitrogen and oxygen atoms in total. The lowest BCUT2D eigenvalue weighted by Gasteiger charge is -2.45. The molecule has 1 amide bonds. The number of nitrogens with two attached hydrogens (primary N) is 1. The van der Waals surface area contributed by atoms with Crippen LogP contribution in [0.3, 0.4) is 0 Å². The molecule has 0 heterocycles. The summed E-state index contributed by atoms with van der Waals surface area (Å²) in [6, 6.07) is 0. The third kappa shape index (κ3) is 2.23. The van der Waals surface area contributed by atoms with Gasteiger partial charge in [0.15, 0.2) is 0 Å². The highest BCUT2D eigenvalue weighted by atomic mass is 16.3. The van der Waals surface area contributed by atoms with Crippen molar-refractivity contribution in [3.63, 3.8) is 0 Å². The minimum Gasteiger partial charge on any atom is -0.388 e. The highest BCUT2D eigenvalue weighted by molar-refractivity contribution is 5.84. The van der Waals surface area contributed by atoms with Gasteiger partial charge in [-0.2, -0.15) is 0 Å². The summed E-state index contributed by atoms with van der Waals surface area (Å²) in [7, 11) is 0. The number of nitrogens with one attached hydrogen (secondary N) is 1. The summed E-state index contributed by atoms with van der Waals surface area (Å²) in [6.45, 7) is 7.44. The lowest BCUT2D eigenvalue weighted by atomic mass is 9.67. The van der Waals surface area contributed by atoms with Crippen molar-refractivity contribution in [2.75, 3.05) is 6.54 Å². The Balaban J connectivity index is 2.71. The van der Waals surface area contributed by atoms with Crippen LogP contribution in [0.25, 0.3) is 0 Å². The zero-order valence-corrected chi connectivity index (χ0v) is 10.8. The number of aliphatic hydroxyl groups is 1. The van der Waals surface area contributed by atoms with E-state index in [1.165, 1.54) is 0 Å². The van der Waals surface area contributed by atoms with E-state index in [2.05, 4.69) is 5.32 Å². The monoisotopic (exact) mass is 228 g/mol. The lowest BCUT2D eigenvalue weighted by Crippen LogP contribution is -2.62. The van der Waals surface area contributed by atoms with Crippen LogP contribution in [0.4, 0.5) is 0 Å². The number of hydrogen-bond donors (Lipinski definition) is 3. The normalized spacial score (nSPS) is 20.1. The van der Waals surface area contributed by atoms with Crippen LogP contribution in [0.15, 0.2) is 0 Å². The molecule has 0 bridgehead atoms. The van der Waals surface area contributed by atoms with Gasteiger partial charge in [-0.05, 0) is 40.5 Å². The van der Waals surface area contributed by atoms with E-state index in [0.717, 1.165) is 19.3 Å². The number of amides is 1. The maximum absolute atomic E-state index is 12.1. The zero-order valence-electron chi connectivity index (χ0n) is 10.8. The van der Waals surface area contributed by atoms with Crippen LogP contribution >= 0.6 is 0 Å². The van der Waals surface area contributed by atoms with Gasteiger partial charge in [0.2, 0.25) is 5.91 Å². The van der Waals surface area contributed by atoms with Crippen molar-refractivity contribution in [1.82, 2.24) is 5.32 Å². The molecule has 0 radical (unpaired) electrons. The smallest absolute Gasteiger partial charge is 0.228 e. The molecule has 1 fully saturated rings. The number of hydrogen-bond acceptors (Lipinski definition) is 3. The summed E-state index contributed by atoms with van der Waals surface area (Å²) in [5.74, 6) is -0.0200. The lowest BCUT2D eigenvalue weighted by molar-refractivity contribution is -0.140. The van der Waals surface area contributed by atoms with Crippen molar-refractivity contribution in [1.29, 1.82) is 0 Å². The largest absolute Gasteiger partial charge is 0.388 e. The average Bonchev–Trinajstić information content (AvgIpc) is 1.99. The highest BCUT2D eigenvalue weighted by Gasteiger charge is 2.46. The Bertz CT molecular complexity index is 270. The van der Waals surface area contributed by atoms with Gasteiger partial charge in [-0.3, -0.25) is 4.79 Å². The maximum atomic E-state index is 12.1. The summed E-state index contributed by atoms with van der Waals surface area (Å²) >= 11 is 0. The highest BCUT2D eigenvalue weighted by Crippen LogP contribution is 2.40. The molecule has 0 saturated heterocycles. The van der Waals surface area contributed by atoms with Crippen LogP contribution in [-0.4, -0.2) is 28.7 Å². The summed E-state index contributed by atoms with van der Waals surface area (Å²) in [5, 5.41) is 12.9. The number of carbonyl (C=O) groups is 1. The SMILES string of the molecule is CC(C)(O)C(C)(C)NC(=O)C1(CN)CCC1. The Hall–Kier alpha value is -0.610. The van der Waals surface area contributed by atoms with Crippen LogP contribution in [-0.2, 0) is 4.79 Å². The van der Waals surface area contributed by atoms with Gasteiger partial charge in [0.05, 0.1) is 16.6 Å². The van der Waals surface area contributed by atoms with Gasteiger partial charge in [0.25, 0.3) is 0 Å². The van der Waals surface area contributed by atoms with Gasteiger partial charge in [-0.1, -0.05) is 6.42 Å². The van der Waals surface area contributed by atoms with Gasteiger partial charge in [-0.25, -0.2) is 0 Å². The fourth-order valence-corrected chi connectivity index (χ4v) is 1.70. The first-order valence-corrected chi connectivity index (χ1v) is 5.90. The van der Waals surface area contributed by atoms with E-state index >= 15 is 0 Å². The second-order valence-electron chi connectivity index (χ2n) is 5.98. The first-order valence-electron chi connectivity index (χ1n) is 5.90. The molecule has 0 aromatic carbocycles. The Morgan fingerprint density at radius 1 is 1.38 bits per heavy atom. The second-order valence-corrected chi connectivity index (χ2v) is 5.98. The fraction of sp³-hybridized carbons (Fsp3) is 0.917. The predicted molar refractivity (Wildman–Crippen MR) is 63.9 cm³/mol. The summed E-state index contributed by atoms with van der Waals surface area (Å²) in [4.78, 5) is 12.1. The molecule has 0 aliphatic heterocycles. The molecule has 0 atom stereocenters. The molecule has 0 aromatic heterocycles. The first-order chi connectivity index (χ1) is 7.15. The molecule has 4 heteroatoms. The van der Waals surface area contributed by atoms with E-state index in [4.69, 9.17) is 5.73 Å². The minimum absolute atomic E-state index is 0.0200. The van der Waals surface area contributed by atoms with Crippen molar-refractivity contribution in [3.05, 3.63) is 0 Å². The van der Waals surface area contributed by atoms with Gasteiger partial charge in [0, 0.05) is 6.54 Å². The molecule has 1 aliphatic carbocycles. The standard InChI is InChI=1S/C12H24N2O2/c1-10(2,11(3,4)16)14-9(15)12(8-13)6-5-7-12/h16H,5-8,13H2,1-4H3,(H,14,15). The van der Waals surface area contributed by atoms with Crippen molar-refractivity contribution in [2.24, 2.45) is 11.1 Å². The van der Waals surface area contributed by atoms with E-state index in [-0.39, 0.29) is 11.3 Å². The molecule has 0 aromatic rings. The van der Waals surface area contributed by atoms with E-state index < -0.39 is 11.1 Å². The molecule has 16 heavy (non-hydrogen) atoms. The summed E-state index contributed by atoms with van der Waals surface area (Å²) in [6.07, 6.45) is 2.78. The van der Waals surface area contributed by atoms with Crippen molar-refractivity contribution < 1.29 is 9.90 Å². The number of carbonyl (C=O) groups excluding carboxylic acids is 1. The third-order valence-electron chi connectivity index (χ3n) is 4.14. The second kappa shape index (κ2) is 4.00. The van der Waals surface area contributed by atoms with Crippen molar-refractivity contribution in [2.45, 2.75) is 58.1 Å². The van der Waals surface area contributed by atoms with E-state index in [0.29, 0.717) is 6.54 Å². The van der Waals surface area contributed by atoms with Crippen LogP contribution in [0, 0.1) is 5.41 Å². The Kier molecular flexibility index (Phi) is 3.37. The Morgan fingerprint density at radius 2 is 1.88 bits per heavy atom. The Morgan fingerprint density at radius 3 is 2.12 bits per heavy atom. The van der Waals surface area contributed by atoms with Gasteiger partial charge >= 0.3 is 0 Å². The molecular weight excluding hydrogens is 204 g/mol. The third-order valence-corrected chi connectivity index (χ3v) is 4.14. The predicted octanol–water partition coefficient (Wildman–Crippen LogP) is 0.781. The maximum Gasteiger partial charge on any atom is 0.228 e. The summed E-state index contributed by atoms with van der Waals surface area (Å²) in [5.41, 5.74) is 3.68. The number of rotatable bonds is 4. The van der Waals surface area contributed by atoms with Crippen molar-refractivity contribution >= 4 is 5.91 Å². The molecule has 1 saturated carbocycles. The fourth-order valence-electron chi connectivity index (χ4n) is 1.70. The van der Waals surface area contributed by atoms with Crippen LogP contribution in [0.2, 0.25) is 0 Å². The van der Waals surface area contributed by atoms with Crippen LogP contribution < -0.4 is 11.1 Å².